The minimum atomic E-state index is -2.91. The van der Waals surface area contributed by atoms with Gasteiger partial charge >= 0.3 is 0 Å². The lowest BCUT2D eigenvalue weighted by Crippen LogP contribution is -2.43. The van der Waals surface area contributed by atoms with E-state index in [2.05, 4.69) is 10.3 Å². The van der Waals surface area contributed by atoms with E-state index in [0.717, 1.165) is 6.92 Å². The molecular formula is C9H12F2N2O. The minimum Gasteiger partial charge on any atom is -0.357 e. The minimum absolute atomic E-state index is 0.279. The van der Waals surface area contributed by atoms with E-state index >= 15 is 0 Å². The smallest absolute Gasteiger partial charge is 0.268 e. The molecule has 1 amide bonds. The molecule has 0 aromatic carbocycles. The van der Waals surface area contributed by atoms with Crippen LogP contribution in [0.3, 0.4) is 0 Å². The van der Waals surface area contributed by atoms with Crippen LogP contribution < -0.4 is 5.32 Å². The summed E-state index contributed by atoms with van der Waals surface area (Å²) in [6, 6.07) is 1.97. The standard InChI is InChI=1S/C9H12F2N2O/c1-6(9(2,10)11)13-8(14)7-4-3-5-12-7/h3-6,12H,1-2H3,(H,13,14)/t6-/m0/s1. The Morgan fingerprint density at radius 3 is 2.71 bits per heavy atom. The third kappa shape index (κ3) is 2.55. The largest absolute Gasteiger partial charge is 0.357 e. The summed E-state index contributed by atoms with van der Waals surface area (Å²) in [5.74, 6) is -3.44. The van der Waals surface area contributed by atoms with E-state index in [4.69, 9.17) is 0 Å². The number of amides is 1. The molecule has 0 spiro atoms. The topological polar surface area (TPSA) is 44.9 Å². The molecule has 78 valence electrons. The lowest BCUT2D eigenvalue weighted by Gasteiger charge is -2.20. The highest BCUT2D eigenvalue weighted by atomic mass is 19.3. The SMILES string of the molecule is C[C@H](NC(=O)c1ccc[nH]1)C(C)(F)F. The Kier molecular flexibility index (Phi) is 2.88. The number of hydrogen-bond acceptors (Lipinski definition) is 1. The van der Waals surface area contributed by atoms with Crippen molar-refractivity contribution in [2.75, 3.05) is 0 Å². The zero-order valence-corrected chi connectivity index (χ0v) is 7.97. The molecule has 0 aliphatic rings. The first kappa shape index (κ1) is 10.7. The summed E-state index contributed by atoms with van der Waals surface area (Å²) in [5.41, 5.74) is 0.279. The molecule has 1 heterocycles. The lowest BCUT2D eigenvalue weighted by molar-refractivity contribution is -0.0108. The molecule has 0 fully saturated rings. The van der Waals surface area contributed by atoms with Crippen molar-refractivity contribution in [1.82, 2.24) is 10.3 Å². The Labute approximate surface area is 80.5 Å². The first-order valence-corrected chi connectivity index (χ1v) is 4.23. The second-order valence-corrected chi connectivity index (χ2v) is 3.24. The first-order valence-electron chi connectivity index (χ1n) is 4.23. The predicted molar refractivity (Wildman–Crippen MR) is 48.3 cm³/mol. The Morgan fingerprint density at radius 2 is 2.29 bits per heavy atom. The van der Waals surface area contributed by atoms with E-state index in [0.29, 0.717) is 0 Å². The van der Waals surface area contributed by atoms with Crippen LogP contribution in [0.25, 0.3) is 0 Å². The van der Waals surface area contributed by atoms with Crippen molar-refractivity contribution in [3.05, 3.63) is 24.0 Å². The molecule has 1 rings (SSSR count). The molecule has 0 aliphatic carbocycles. The molecule has 1 aromatic heterocycles. The van der Waals surface area contributed by atoms with E-state index in [1.165, 1.54) is 13.0 Å². The maximum atomic E-state index is 12.7. The third-order valence-electron chi connectivity index (χ3n) is 1.95. The van der Waals surface area contributed by atoms with Gasteiger partial charge in [0.25, 0.3) is 11.8 Å². The summed E-state index contributed by atoms with van der Waals surface area (Å²) in [4.78, 5) is 13.9. The van der Waals surface area contributed by atoms with Gasteiger partial charge in [0.15, 0.2) is 0 Å². The van der Waals surface area contributed by atoms with Gasteiger partial charge < -0.3 is 10.3 Å². The number of hydrogen-bond donors (Lipinski definition) is 2. The number of alkyl halides is 2. The molecule has 3 nitrogen and oxygen atoms in total. The molecule has 14 heavy (non-hydrogen) atoms. The predicted octanol–water partition coefficient (Wildman–Crippen LogP) is 1.79. The van der Waals surface area contributed by atoms with Crippen LogP contribution in [-0.4, -0.2) is 22.9 Å². The monoisotopic (exact) mass is 202 g/mol. The highest BCUT2D eigenvalue weighted by Gasteiger charge is 2.31. The van der Waals surface area contributed by atoms with Gasteiger partial charge in [-0.25, -0.2) is 8.78 Å². The summed E-state index contributed by atoms with van der Waals surface area (Å²) in [6.07, 6.45) is 1.56. The second kappa shape index (κ2) is 3.77. The van der Waals surface area contributed by atoms with Crippen LogP contribution >= 0.6 is 0 Å². The van der Waals surface area contributed by atoms with Crippen molar-refractivity contribution in [2.45, 2.75) is 25.8 Å². The van der Waals surface area contributed by atoms with Crippen LogP contribution in [0, 0.1) is 0 Å². The van der Waals surface area contributed by atoms with Gasteiger partial charge in [-0.15, -0.1) is 0 Å². The molecule has 5 heteroatoms. The number of aromatic amines is 1. The van der Waals surface area contributed by atoms with Gasteiger partial charge in [0, 0.05) is 13.1 Å². The first-order chi connectivity index (χ1) is 6.41. The molecule has 2 N–H and O–H groups in total. The summed E-state index contributed by atoms with van der Waals surface area (Å²) in [7, 11) is 0. The van der Waals surface area contributed by atoms with Crippen molar-refractivity contribution in [2.24, 2.45) is 0 Å². The lowest BCUT2D eigenvalue weighted by atomic mass is 10.2. The van der Waals surface area contributed by atoms with Crippen molar-refractivity contribution in [3.8, 4) is 0 Å². The maximum Gasteiger partial charge on any atom is 0.268 e. The van der Waals surface area contributed by atoms with Gasteiger partial charge in [0.2, 0.25) is 0 Å². The number of carbonyl (C=O) groups excluding carboxylic acids is 1. The van der Waals surface area contributed by atoms with E-state index < -0.39 is 17.9 Å². The number of H-pyrrole nitrogens is 1. The Bertz CT molecular complexity index is 303. The van der Waals surface area contributed by atoms with Gasteiger partial charge in [0.1, 0.15) is 5.69 Å². The fraction of sp³-hybridized carbons (Fsp3) is 0.444. The summed E-state index contributed by atoms with van der Waals surface area (Å²) >= 11 is 0. The molecule has 0 saturated carbocycles. The molecule has 0 aliphatic heterocycles. The van der Waals surface area contributed by atoms with Gasteiger partial charge in [-0.1, -0.05) is 0 Å². The fourth-order valence-electron chi connectivity index (χ4n) is 0.873. The summed E-state index contributed by atoms with van der Waals surface area (Å²) < 4.78 is 25.4. The van der Waals surface area contributed by atoms with Crippen LogP contribution in [0.1, 0.15) is 24.3 Å². The van der Waals surface area contributed by atoms with Crippen LogP contribution in [-0.2, 0) is 0 Å². The number of halogens is 2. The maximum absolute atomic E-state index is 12.7. The Morgan fingerprint density at radius 1 is 1.64 bits per heavy atom. The number of carbonyl (C=O) groups is 1. The molecule has 0 radical (unpaired) electrons. The van der Waals surface area contributed by atoms with Gasteiger partial charge in [-0.05, 0) is 19.1 Å². The summed E-state index contributed by atoms with van der Waals surface area (Å²) in [6.45, 7) is 2.04. The quantitative estimate of drug-likeness (QED) is 0.771. The van der Waals surface area contributed by atoms with Gasteiger partial charge in [-0.2, -0.15) is 0 Å². The average Bonchev–Trinajstić information content (AvgIpc) is 2.53. The van der Waals surface area contributed by atoms with Crippen LogP contribution in [0.2, 0.25) is 0 Å². The van der Waals surface area contributed by atoms with Crippen molar-refractivity contribution >= 4 is 5.91 Å². The molecule has 1 aromatic rings. The van der Waals surface area contributed by atoms with E-state index in [-0.39, 0.29) is 5.69 Å². The van der Waals surface area contributed by atoms with Gasteiger partial charge in [0.05, 0.1) is 6.04 Å². The average molecular weight is 202 g/mol. The van der Waals surface area contributed by atoms with Crippen LogP contribution in [0.4, 0.5) is 8.78 Å². The van der Waals surface area contributed by atoms with E-state index in [1.54, 1.807) is 12.3 Å². The zero-order valence-electron chi connectivity index (χ0n) is 7.97. The fourth-order valence-corrected chi connectivity index (χ4v) is 0.873. The van der Waals surface area contributed by atoms with E-state index in [9.17, 15) is 13.6 Å². The zero-order chi connectivity index (χ0) is 10.8. The van der Waals surface area contributed by atoms with Crippen molar-refractivity contribution < 1.29 is 13.6 Å². The third-order valence-corrected chi connectivity index (χ3v) is 1.95. The van der Waals surface area contributed by atoms with Crippen molar-refractivity contribution in [1.29, 1.82) is 0 Å². The van der Waals surface area contributed by atoms with Crippen LogP contribution in [0.15, 0.2) is 18.3 Å². The highest BCUT2D eigenvalue weighted by Crippen LogP contribution is 2.16. The van der Waals surface area contributed by atoms with Crippen LogP contribution in [0.5, 0.6) is 0 Å². The number of aromatic nitrogens is 1. The highest BCUT2D eigenvalue weighted by molar-refractivity contribution is 5.92. The molecule has 1 atom stereocenters. The molecule has 0 unspecified atom stereocenters. The molecule has 0 bridgehead atoms. The normalized spacial score (nSPS) is 13.7. The van der Waals surface area contributed by atoms with Crippen molar-refractivity contribution in [3.63, 3.8) is 0 Å². The summed E-state index contributed by atoms with van der Waals surface area (Å²) in [5, 5.41) is 2.20. The van der Waals surface area contributed by atoms with Gasteiger partial charge in [-0.3, -0.25) is 4.79 Å². The number of rotatable bonds is 3. The number of nitrogens with one attached hydrogen (secondary N) is 2. The Hall–Kier alpha value is -1.39. The van der Waals surface area contributed by atoms with E-state index in [1.807, 2.05) is 0 Å². The Balaban J connectivity index is 2.58. The molecule has 0 saturated heterocycles. The second-order valence-electron chi connectivity index (χ2n) is 3.24. The molecular weight excluding hydrogens is 190 g/mol.